The van der Waals surface area contributed by atoms with Crippen molar-refractivity contribution < 1.29 is 9.32 Å². The SMILES string of the molecule is CCc1nc([C@@H]2CCCN(C(=O)CCn3ccccc3=O)C2)no1. The molecule has 24 heavy (non-hydrogen) atoms. The third-order valence-electron chi connectivity index (χ3n) is 4.39. The number of aromatic nitrogens is 3. The molecule has 3 heterocycles. The van der Waals surface area contributed by atoms with E-state index in [1.807, 2.05) is 11.8 Å². The van der Waals surface area contributed by atoms with Crippen LogP contribution in [-0.2, 0) is 17.8 Å². The van der Waals surface area contributed by atoms with Gasteiger partial charge in [-0.1, -0.05) is 18.1 Å². The second-order valence-electron chi connectivity index (χ2n) is 6.06. The Bertz CT molecular complexity index is 752. The van der Waals surface area contributed by atoms with E-state index in [1.165, 1.54) is 6.07 Å². The zero-order valence-corrected chi connectivity index (χ0v) is 13.9. The van der Waals surface area contributed by atoms with Crippen molar-refractivity contribution in [3.8, 4) is 0 Å². The minimum Gasteiger partial charge on any atom is -0.342 e. The van der Waals surface area contributed by atoms with Crippen LogP contribution in [0.5, 0.6) is 0 Å². The van der Waals surface area contributed by atoms with Crippen molar-refractivity contribution in [2.24, 2.45) is 0 Å². The number of hydrogen-bond donors (Lipinski definition) is 0. The lowest BCUT2D eigenvalue weighted by Gasteiger charge is -2.31. The maximum absolute atomic E-state index is 12.5. The highest BCUT2D eigenvalue weighted by atomic mass is 16.5. The molecule has 1 aliphatic rings. The lowest BCUT2D eigenvalue weighted by Crippen LogP contribution is -2.40. The average Bonchev–Trinajstić information content (AvgIpc) is 3.10. The Balaban J connectivity index is 1.58. The van der Waals surface area contributed by atoms with Gasteiger partial charge in [0.15, 0.2) is 5.82 Å². The zero-order valence-electron chi connectivity index (χ0n) is 13.9. The normalized spacial score (nSPS) is 17.9. The fourth-order valence-electron chi connectivity index (χ4n) is 3.01. The van der Waals surface area contributed by atoms with Gasteiger partial charge in [0.05, 0.1) is 0 Å². The molecule has 0 aliphatic carbocycles. The summed E-state index contributed by atoms with van der Waals surface area (Å²) in [5.41, 5.74) is -0.0827. The second-order valence-corrected chi connectivity index (χ2v) is 6.06. The summed E-state index contributed by atoms with van der Waals surface area (Å²) in [6, 6.07) is 5.00. The quantitative estimate of drug-likeness (QED) is 0.831. The molecule has 1 aliphatic heterocycles. The van der Waals surface area contributed by atoms with E-state index in [0.717, 1.165) is 19.4 Å². The molecule has 0 radical (unpaired) electrons. The van der Waals surface area contributed by atoms with Gasteiger partial charge in [0, 0.05) is 50.7 Å². The van der Waals surface area contributed by atoms with Crippen LogP contribution in [-0.4, -0.2) is 38.6 Å². The number of amides is 1. The van der Waals surface area contributed by atoms with E-state index in [4.69, 9.17) is 4.52 Å². The molecule has 0 aromatic carbocycles. The molecular formula is C17H22N4O3. The highest BCUT2D eigenvalue weighted by Gasteiger charge is 2.27. The molecule has 1 saturated heterocycles. The largest absolute Gasteiger partial charge is 0.342 e. The van der Waals surface area contributed by atoms with E-state index in [1.54, 1.807) is 22.9 Å². The molecule has 0 unspecified atom stereocenters. The van der Waals surface area contributed by atoms with Gasteiger partial charge in [-0.3, -0.25) is 9.59 Å². The molecule has 0 N–H and O–H groups in total. The predicted octanol–water partition coefficient (Wildman–Crippen LogP) is 1.59. The number of carbonyl (C=O) groups is 1. The summed E-state index contributed by atoms with van der Waals surface area (Å²) in [4.78, 5) is 30.4. The third kappa shape index (κ3) is 3.72. The van der Waals surface area contributed by atoms with Crippen molar-refractivity contribution in [3.05, 3.63) is 46.5 Å². The molecule has 7 heteroatoms. The van der Waals surface area contributed by atoms with Crippen molar-refractivity contribution >= 4 is 5.91 Å². The first-order chi connectivity index (χ1) is 11.7. The maximum Gasteiger partial charge on any atom is 0.250 e. The van der Waals surface area contributed by atoms with Crippen molar-refractivity contribution in [2.75, 3.05) is 13.1 Å². The summed E-state index contributed by atoms with van der Waals surface area (Å²) < 4.78 is 6.74. The summed E-state index contributed by atoms with van der Waals surface area (Å²) >= 11 is 0. The van der Waals surface area contributed by atoms with Crippen LogP contribution in [0, 0.1) is 0 Å². The number of piperidine rings is 1. The average molecular weight is 330 g/mol. The van der Waals surface area contributed by atoms with Crippen LogP contribution < -0.4 is 5.56 Å². The van der Waals surface area contributed by atoms with Crippen molar-refractivity contribution in [3.63, 3.8) is 0 Å². The summed E-state index contributed by atoms with van der Waals surface area (Å²) in [5.74, 6) is 1.53. The maximum atomic E-state index is 12.5. The van der Waals surface area contributed by atoms with Gasteiger partial charge in [0.2, 0.25) is 11.8 Å². The molecule has 128 valence electrons. The number of pyridine rings is 1. The second kappa shape index (κ2) is 7.42. The lowest BCUT2D eigenvalue weighted by atomic mass is 9.97. The highest BCUT2D eigenvalue weighted by molar-refractivity contribution is 5.76. The minimum atomic E-state index is -0.0827. The monoisotopic (exact) mass is 330 g/mol. The van der Waals surface area contributed by atoms with Crippen LogP contribution >= 0.6 is 0 Å². The van der Waals surface area contributed by atoms with Gasteiger partial charge in [-0.25, -0.2) is 0 Å². The highest BCUT2D eigenvalue weighted by Crippen LogP contribution is 2.25. The smallest absolute Gasteiger partial charge is 0.250 e. The van der Waals surface area contributed by atoms with Crippen molar-refractivity contribution in [1.82, 2.24) is 19.6 Å². The number of hydrogen-bond acceptors (Lipinski definition) is 5. The first-order valence-corrected chi connectivity index (χ1v) is 8.43. The molecule has 2 aromatic heterocycles. The lowest BCUT2D eigenvalue weighted by molar-refractivity contribution is -0.132. The Kier molecular flexibility index (Phi) is 5.08. The van der Waals surface area contributed by atoms with Gasteiger partial charge in [-0.2, -0.15) is 4.98 Å². The van der Waals surface area contributed by atoms with E-state index in [-0.39, 0.29) is 17.4 Å². The first-order valence-electron chi connectivity index (χ1n) is 8.43. The standard InChI is InChI=1S/C17H22N4O3/c1-2-14-18-17(19-24-14)13-6-5-10-21(12-13)16(23)8-11-20-9-4-3-7-15(20)22/h3-4,7,9,13H,2,5-6,8,10-12H2,1H3/t13-/m1/s1. The van der Waals surface area contributed by atoms with E-state index in [0.29, 0.717) is 37.6 Å². The fourth-order valence-corrected chi connectivity index (χ4v) is 3.01. The van der Waals surface area contributed by atoms with E-state index in [2.05, 4.69) is 10.1 Å². The molecule has 1 atom stereocenters. The first kappa shape index (κ1) is 16.4. The third-order valence-corrected chi connectivity index (χ3v) is 4.39. The summed E-state index contributed by atoms with van der Waals surface area (Å²) in [6.45, 7) is 3.74. The number of nitrogens with zero attached hydrogens (tertiary/aromatic N) is 4. The molecule has 7 nitrogen and oxygen atoms in total. The van der Waals surface area contributed by atoms with Crippen LogP contribution in [0.25, 0.3) is 0 Å². The Hall–Kier alpha value is -2.44. The Morgan fingerprint density at radius 3 is 3.04 bits per heavy atom. The van der Waals surface area contributed by atoms with E-state index >= 15 is 0 Å². The van der Waals surface area contributed by atoms with Crippen LogP contribution in [0.3, 0.4) is 0 Å². The zero-order chi connectivity index (χ0) is 16.9. The van der Waals surface area contributed by atoms with Gasteiger partial charge in [-0.15, -0.1) is 0 Å². The van der Waals surface area contributed by atoms with E-state index in [9.17, 15) is 9.59 Å². The molecule has 0 bridgehead atoms. The Labute approximate surface area is 140 Å². The molecule has 1 amide bonds. The van der Waals surface area contributed by atoms with Gasteiger partial charge < -0.3 is 14.0 Å². The summed E-state index contributed by atoms with van der Waals surface area (Å²) in [5, 5.41) is 4.04. The summed E-state index contributed by atoms with van der Waals surface area (Å²) in [7, 11) is 0. The molecule has 0 saturated carbocycles. The van der Waals surface area contributed by atoms with Crippen molar-refractivity contribution in [1.29, 1.82) is 0 Å². The van der Waals surface area contributed by atoms with Crippen LogP contribution in [0.4, 0.5) is 0 Å². The van der Waals surface area contributed by atoms with Gasteiger partial charge >= 0.3 is 0 Å². The molecule has 3 rings (SSSR count). The topological polar surface area (TPSA) is 81.2 Å². The van der Waals surface area contributed by atoms with Gasteiger partial charge in [0.1, 0.15) is 0 Å². The molecule has 1 fully saturated rings. The number of likely N-dealkylation sites (tertiary alicyclic amines) is 1. The molecule has 0 spiro atoms. The van der Waals surface area contributed by atoms with Crippen LogP contribution in [0.1, 0.15) is 43.8 Å². The number of aryl methyl sites for hydroxylation is 2. The van der Waals surface area contributed by atoms with Crippen LogP contribution in [0.2, 0.25) is 0 Å². The minimum absolute atomic E-state index is 0.0645. The van der Waals surface area contributed by atoms with Crippen LogP contribution in [0.15, 0.2) is 33.7 Å². The summed E-state index contributed by atoms with van der Waals surface area (Å²) in [6.07, 6.45) is 4.64. The molecule has 2 aromatic rings. The fraction of sp³-hybridized carbons (Fsp3) is 0.529. The Morgan fingerprint density at radius 2 is 2.29 bits per heavy atom. The number of rotatable bonds is 5. The Morgan fingerprint density at radius 1 is 1.42 bits per heavy atom. The van der Waals surface area contributed by atoms with E-state index < -0.39 is 0 Å². The number of carbonyl (C=O) groups excluding carboxylic acids is 1. The molecular weight excluding hydrogens is 308 g/mol. The predicted molar refractivity (Wildman–Crippen MR) is 87.6 cm³/mol. The van der Waals surface area contributed by atoms with Crippen molar-refractivity contribution in [2.45, 2.75) is 45.1 Å². The van der Waals surface area contributed by atoms with Gasteiger partial charge in [0.25, 0.3) is 5.56 Å². The van der Waals surface area contributed by atoms with Gasteiger partial charge in [-0.05, 0) is 18.9 Å².